The molecule has 3 heteroatoms. The zero-order chi connectivity index (χ0) is 11.5. The quantitative estimate of drug-likeness (QED) is 0.874. The number of hydrogen-bond acceptors (Lipinski definition) is 3. The van der Waals surface area contributed by atoms with Crippen molar-refractivity contribution in [3.63, 3.8) is 0 Å². The topological polar surface area (TPSA) is 29.3 Å². The van der Waals surface area contributed by atoms with Crippen LogP contribution in [0.4, 0.5) is 0 Å². The second-order valence-corrected chi connectivity index (χ2v) is 6.05. The van der Waals surface area contributed by atoms with Gasteiger partial charge < -0.3 is 5.73 Å². The molecule has 1 saturated carbocycles. The van der Waals surface area contributed by atoms with Crippen LogP contribution in [0.2, 0.25) is 0 Å². The molecule has 1 aromatic heterocycles. The Morgan fingerprint density at radius 1 is 1.56 bits per heavy atom. The Hall–Kier alpha value is -0.380. The van der Waals surface area contributed by atoms with Crippen LogP contribution >= 0.6 is 11.3 Å². The summed E-state index contributed by atoms with van der Waals surface area (Å²) in [7, 11) is 2.23. The molecular weight excluding hydrogens is 216 g/mol. The fourth-order valence-corrected chi connectivity index (χ4v) is 3.44. The van der Waals surface area contributed by atoms with Crippen molar-refractivity contribution in [3.8, 4) is 0 Å². The first-order valence-corrected chi connectivity index (χ1v) is 7.04. The van der Waals surface area contributed by atoms with Gasteiger partial charge in [-0.05, 0) is 50.6 Å². The summed E-state index contributed by atoms with van der Waals surface area (Å²) >= 11 is 1.85. The Morgan fingerprint density at radius 3 is 2.94 bits per heavy atom. The van der Waals surface area contributed by atoms with E-state index in [1.54, 1.807) is 0 Å². The molecule has 3 unspecified atom stereocenters. The van der Waals surface area contributed by atoms with Gasteiger partial charge in [0.2, 0.25) is 0 Å². The van der Waals surface area contributed by atoms with Gasteiger partial charge in [-0.1, -0.05) is 6.07 Å². The lowest BCUT2D eigenvalue weighted by Gasteiger charge is -2.26. The molecule has 0 aliphatic heterocycles. The lowest BCUT2D eigenvalue weighted by Crippen LogP contribution is -2.28. The Balaban J connectivity index is 1.86. The van der Waals surface area contributed by atoms with Crippen molar-refractivity contribution in [1.82, 2.24) is 4.90 Å². The fourth-order valence-electron chi connectivity index (χ4n) is 2.59. The molecule has 1 aliphatic carbocycles. The molecule has 0 spiro atoms. The van der Waals surface area contributed by atoms with Crippen LogP contribution in [0.5, 0.6) is 0 Å². The predicted molar refractivity (Wildman–Crippen MR) is 70.7 cm³/mol. The van der Waals surface area contributed by atoms with Gasteiger partial charge in [-0.25, -0.2) is 0 Å². The molecule has 1 heterocycles. The highest BCUT2D eigenvalue weighted by Gasteiger charge is 2.24. The lowest BCUT2D eigenvalue weighted by molar-refractivity contribution is 0.223. The van der Waals surface area contributed by atoms with Crippen LogP contribution in [-0.2, 0) is 0 Å². The first-order chi connectivity index (χ1) is 7.66. The van der Waals surface area contributed by atoms with E-state index in [4.69, 9.17) is 5.73 Å². The largest absolute Gasteiger partial charge is 0.328 e. The van der Waals surface area contributed by atoms with Gasteiger partial charge in [0.1, 0.15) is 0 Å². The van der Waals surface area contributed by atoms with Crippen molar-refractivity contribution in [3.05, 3.63) is 22.4 Å². The molecule has 0 aromatic carbocycles. The first kappa shape index (κ1) is 12.1. The van der Waals surface area contributed by atoms with Crippen molar-refractivity contribution in [1.29, 1.82) is 0 Å². The molecule has 0 amide bonds. The molecule has 2 nitrogen and oxygen atoms in total. The highest BCUT2D eigenvalue weighted by molar-refractivity contribution is 7.10. The van der Waals surface area contributed by atoms with E-state index in [1.807, 2.05) is 11.3 Å². The third kappa shape index (κ3) is 2.84. The van der Waals surface area contributed by atoms with E-state index in [0.717, 1.165) is 5.92 Å². The third-order valence-electron chi connectivity index (χ3n) is 3.74. The Bertz CT molecular complexity index is 310. The highest BCUT2D eigenvalue weighted by Crippen LogP contribution is 2.29. The van der Waals surface area contributed by atoms with Crippen LogP contribution in [0.3, 0.4) is 0 Å². The van der Waals surface area contributed by atoms with Crippen molar-refractivity contribution < 1.29 is 0 Å². The molecule has 2 rings (SSSR count). The fraction of sp³-hybridized carbons (Fsp3) is 0.692. The van der Waals surface area contributed by atoms with Gasteiger partial charge in [-0.3, -0.25) is 4.90 Å². The van der Waals surface area contributed by atoms with E-state index in [9.17, 15) is 0 Å². The number of nitrogens with two attached hydrogens (primary N) is 1. The van der Waals surface area contributed by atoms with Gasteiger partial charge in [-0.15, -0.1) is 11.3 Å². The SMILES string of the molecule is CC(c1cccs1)N(C)CC1CCC(N)C1. The maximum Gasteiger partial charge on any atom is 0.0410 e. The van der Waals surface area contributed by atoms with Gasteiger partial charge >= 0.3 is 0 Å². The molecule has 1 aliphatic rings. The third-order valence-corrected chi connectivity index (χ3v) is 4.79. The molecule has 1 fully saturated rings. The maximum atomic E-state index is 5.96. The second kappa shape index (κ2) is 5.30. The minimum atomic E-state index is 0.454. The van der Waals surface area contributed by atoms with E-state index in [2.05, 4.69) is 36.4 Å². The van der Waals surface area contributed by atoms with Gasteiger partial charge in [0, 0.05) is 23.5 Å². The Kier molecular flexibility index (Phi) is 4.00. The second-order valence-electron chi connectivity index (χ2n) is 5.07. The van der Waals surface area contributed by atoms with Gasteiger partial charge in [-0.2, -0.15) is 0 Å². The molecule has 0 radical (unpaired) electrons. The maximum absolute atomic E-state index is 5.96. The molecule has 90 valence electrons. The Morgan fingerprint density at radius 2 is 2.38 bits per heavy atom. The number of nitrogens with zero attached hydrogens (tertiary/aromatic N) is 1. The van der Waals surface area contributed by atoms with Gasteiger partial charge in [0.05, 0.1) is 0 Å². The van der Waals surface area contributed by atoms with Crippen molar-refractivity contribution in [2.45, 2.75) is 38.3 Å². The molecule has 1 aromatic rings. The summed E-state index contributed by atoms with van der Waals surface area (Å²) in [4.78, 5) is 3.93. The van der Waals surface area contributed by atoms with Crippen molar-refractivity contribution in [2.75, 3.05) is 13.6 Å². The minimum absolute atomic E-state index is 0.454. The summed E-state index contributed by atoms with van der Waals surface area (Å²) in [5.41, 5.74) is 5.96. The first-order valence-electron chi connectivity index (χ1n) is 6.16. The standard InChI is InChI=1S/C13H22N2S/c1-10(13-4-3-7-16-13)15(2)9-11-5-6-12(14)8-11/h3-4,7,10-12H,5-6,8-9,14H2,1-2H3. The van der Waals surface area contributed by atoms with Crippen molar-refractivity contribution >= 4 is 11.3 Å². The van der Waals surface area contributed by atoms with E-state index in [-0.39, 0.29) is 0 Å². The summed E-state index contributed by atoms with van der Waals surface area (Å²) in [5, 5.41) is 2.16. The smallest absolute Gasteiger partial charge is 0.0410 e. The monoisotopic (exact) mass is 238 g/mol. The van der Waals surface area contributed by atoms with Gasteiger partial charge in [0.15, 0.2) is 0 Å². The van der Waals surface area contributed by atoms with E-state index < -0.39 is 0 Å². The van der Waals surface area contributed by atoms with Gasteiger partial charge in [0.25, 0.3) is 0 Å². The molecule has 2 N–H and O–H groups in total. The van der Waals surface area contributed by atoms with Crippen LogP contribution in [0.15, 0.2) is 17.5 Å². The number of hydrogen-bond donors (Lipinski definition) is 1. The number of thiophene rings is 1. The van der Waals surface area contributed by atoms with E-state index in [1.165, 1.54) is 30.7 Å². The summed E-state index contributed by atoms with van der Waals surface area (Å²) in [6.07, 6.45) is 3.73. The van der Waals surface area contributed by atoms with E-state index >= 15 is 0 Å². The highest BCUT2D eigenvalue weighted by atomic mass is 32.1. The average molecular weight is 238 g/mol. The zero-order valence-electron chi connectivity index (χ0n) is 10.2. The van der Waals surface area contributed by atoms with E-state index in [0.29, 0.717) is 12.1 Å². The van der Waals surface area contributed by atoms with Crippen LogP contribution in [0.1, 0.15) is 37.1 Å². The normalized spacial score (nSPS) is 27.5. The summed E-state index contributed by atoms with van der Waals surface area (Å²) < 4.78 is 0. The van der Waals surface area contributed by atoms with Crippen LogP contribution in [0.25, 0.3) is 0 Å². The van der Waals surface area contributed by atoms with Crippen molar-refractivity contribution in [2.24, 2.45) is 11.7 Å². The summed E-state index contributed by atoms with van der Waals surface area (Å²) in [6, 6.07) is 5.36. The van der Waals surface area contributed by atoms with Crippen LogP contribution in [-0.4, -0.2) is 24.5 Å². The molecule has 0 bridgehead atoms. The molecule has 16 heavy (non-hydrogen) atoms. The average Bonchev–Trinajstić information content (AvgIpc) is 2.88. The molecule has 3 atom stereocenters. The predicted octanol–water partition coefficient (Wildman–Crippen LogP) is 2.87. The summed E-state index contributed by atoms with van der Waals surface area (Å²) in [5.74, 6) is 0.808. The lowest BCUT2D eigenvalue weighted by atomic mass is 10.1. The molecular formula is C13H22N2S. The Labute approximate surface area is 102 Å². The van der Waals surface area contributed by atoms with Crippen LogP contribution in [0, 0.1) is 5.92 Å². The molecule has 0 saturated heterocycles. The number of rotatable bonds is 4. The van der Waals surface area contributed by atoms with Crippen LogP contribution < -0.4 is 5.73 Å². The zero-order valence-corrected chi connectivity index (χ0v) is 11.0. The summed E-state index contributed by atoms with van der Waals surface area (Å²) in [6.45, 7) is 3.48. The minimum Gasteiger partial charge on any atom is -0.328 e.